The van der Waals surface area contributed by atoms with Crippen molar-refractivity contribution in [1.29, 1.82) is 0 Å². The van der Waals surface area contributed by atoms with E-state index in [2.05, 4.69) is 5.32 Å². The van der Waals surface area contributed by atoms with Crippen LogP contribution in [0.25, 0.3) is 0 Å². The third-order valence-corrected chi connectivity index (χ3v) is 4.76. The molecule has 0 aliphatic heterocycles. The highest BCUT2D eigenvalue weighted by Gasteiger charge is 2.30. The molecular formula is C17H16N2O4S. The van der Waals surface area contributed by atoms with Gasteiger partial charge in [0.15, 0.2) is 0 Å². The molecular weight excluding hydrogens is 328 g/mol. The number of aryl methyl sites for hydroxylation is 1. The number of hydrogen-bond acceptors (Lipinski definition) is 5. The number of esters is 1. The number of hydrogen-bond donors (Lipinski definition) is 2. The normalized spacial score (nSPS) is 13.4. The summed E-state index contributed by atoms with van der Waals surface area (Å²) < 4.78 is 5.30. The van der Waals surface area contributed by atoms with Crippen molar-refractivity contribution in [1.82, 2.24) is 0 Å². The first kappa shape index (κ1) is 16.2. The third kappa shape index (κ3) is 3.62. The van der Waals surface area contributed by atoms with Gasteiger partial charge >= 0.3 is 5.97 Å². The molecule has 1 aliphatic rings. The van der Waals surface area contributed by atoms with Gasteiger partial charge in [-0.3, -0.25) is 9.59 Å². The van der Waals surface area contributed by atoms with E-state index in [0.29, 0.717) is 9.88 Å². The number of benzene rings is 1. The van der Waals surface area contributed by atoms with Crippen molar-refractivity contribution >= 4 is 34.1 Å². The van der Waals surface area contributed by atoms with Crippen molar-refractivity contribution in [2.45, 2.75) is 19.8 Å². The molecule has 1 aliphatic carbocycles. The third-order valence-electron chi connectivity index (χ3n) is 3.63. The largest absolute Gasteiger partial charge is 0.422 e. The summed E-state index contributed by atoms with van der Waals surface area (Å²) in [6.07, 6.45) is 1.84. The van der Waals surface area contributed by atoms with Crippen LogP contribution in [-0.4, -0.2) is 17.8 Å². The van der Waals surface area contributed by atoms with Crippen molar-refractivity contribution in [2.24, 2.45) is 11.7 Å². The minimum absolute atomic E-state index is 0.00896. The molecule has 0 saturated heterocycles. The summed E-state index contributed by atoms with van der Waals surface area (Å²) >= 11 is 1.17. The Hall–Kier alpha value is -2.67. The predicted octanol–water partition coefficient (Wildman–Crippen LogP) is 2.72. The molecule has 1 heterocycles. The van der Waals surface area contributed by atoms with Gasteiger partial charge in [0.05, 0.1) is 5.00 Å². The van der Waals surface area contributed by atoms with Crippen LogP contribution in [0.3, 0.4) is 0 Å². The second-order valence-corrected chi connectivity index (χ2v) is 6.72. The highest BCUT2D eigenvalue weighted by molar-refractivity contribution is 7.18. The number of amides is 2. The van der Waals surface area contributed by atoms with Gasteiger partial charge in [0, 0.05) is 11.5 Å². The number of thiophene rings is 1. The average Bonchev–Trinajstić information content (AvgIpc) is 3.32. The Kier molecular flexibility index (Phi) is 4.35. The molecule has 6 nitrogen and oxygen atoms in total. The number of carbonyl (C=O) groups excluding carboxylic acids is 3. The standard InChI is InChI=1S/C17H16N2O4S/c1-9-7-13(19-16(21)10-5-6-10)24-14(9)17(22)23-12-4-2-3-11(8-12)15(18)20/h2-4,7-8,10H,5-6H2,1H3,(H2,18,20)(H,19,21). The first-order valence-electron chi connectivity index (χ1n) is 7.47. The fourth-order valence-corrected chi connectivity index (χ4v) is 3.13. The summed E-state index contributed by atoms with van der Waals surface area (Å²) in [5.74, 6) is -0.798. The molecule has 2 amide bonds. The summed E-state index contributed by atoms with van der Waals surface area (Å²) in [5, 5.41) is 3.45. The SMILES string of the molecule is Cc1cc(NC(=O)C2CC2)sc1C(=O)Oc1cccc(C(N)=O)c1. The van der Waals surface area contributed by atoms with Crippen LogP contribution in [0.1, 0.15) is 38.4 Å². The van der Waals surface area contributed by atoms with Gasteiger partial charge in [0.1, 0.15) is 10.6 Å². The molecule has 0 atom stereocenters. The summed E-state index contributed by atoms with van der Waals surface area (Å²) in [6, 6.07) is 7.87. The zero-order chi connectivity index (χ0) is 17.3. The van der Waals surface area contributed by atoms with Gasteiger partial charge in [-0.25, -0.2) is 4.79 Å². The zero-order valence-corrected chi connectivity index (χ0v) is 13.8. The number of anilines is 1. The Morgan fingerprint density at radius 1 is 1.25 bits per heavy atom. The predicted molar refractivity (Wildman–Crippen MR) is 90.3 cm³/mol. The van der Waals surface area contributed by atoms with E-state index in [0.717, 1.165) is 18.4 Å². The lowest BCUT2D eigenvalue weighted by Crippen LogP contribution is -2.12. The van der Waals surface area contributed by atoms with E-state index in [1.165, 1.54) is 17.4 Å². The average molecular weight is 344 g/mol. The van der Waals surface area contributed by atoms with Crippen LogP contribution in [0.15, 0.2) is 30.3 Å². The minimum atomic E-state index is -0.592. The second-order valence-electron chi connectivity index (χ2n) is 5.67. The lowest BCUT2D eigenvalue weighted by Gasteiger charge is -2.04. The van der Waals surface area contributed by atoms with Gasteiger partial charge < -0.3 is 15.8 Å². The quantitative estimate of drug-likeness (QED) is 0.643. The van der Waals surface area contributed by atoms with Gasteiger partial charge in [-0.15, -0.1) is 11.3 Å². The van der Waals surface area contributed by atoms with Crippen molar-refractivity contribution < 1.29 is 19.1 Å². The van der Waals surface area contributed by atoms with Crippen LogP contribution in [0.5, 0.6) is 5.75 Å². The van der Waals surface area contributed by atoms with Gasteiger partial charge in [0.2, 0.25) is 11.8 Å². The van der Waals surface area contributed by atoms with Gasteiger partial charge in [0.25, 0.3) is 0 Å². The molecule has 0 radical (unpaired) electrons. The van der Waals surface area contributed by atoms with Crippen LogP contribution >= 0.6 is 11.3 Å². The van der Waals surface area contributed by atoms with E-state index in [9.17, 15) is 14.4 Å². The molecule has 1 saturated carbocycles. The Labute approximate surface area is 142 Å². The molecule has 3 N–H and O–H groups in total. The van der Waals surface area contributed by atoms with E-state index in [1.54, 1.807) is 31.2 Å². The fourth-order valence-electron chi connectivity index (χ4n) is 2.18. The molecule has 24 heavy (non-hydrogen) atoms. The van der Waals surface area contributed by atoms with E-state index >= 15 is 0 Å². The van der Waals surface area contributed by atoms with Gasteiger partial charge in [-0.05, 0) is 49.6 Å². The molecule has 0 bridgehead atoms. The Morgan fingerprint density at radius 3 is 2.67 bits per heavy atom. The molecule has 3 rings (SSSR count). The van der Waals surface area contributed by atoms with Crippen molar-refractivity contribution in [3.8, 4) is 5.75 Å². The van der Waals surface area contributed by atoms with Crippen molar-refractivity contribution in [2.75, 3.05) is 5.32 Å². The molecule has 0 spiro atoms. The number of carbonyl (C=O) groups is 3. The van der Waals surface area contributed by atoms with Crippen LogP contribution in [0.4, 0.5) is 5.00 Å². The maximum absolute atomic E-state index is 12.3. The number of nitrogens with two attached hydrogens (primary N) is 1. The van der Waals surface area contributed by atoms with E-state index in [-0.39, 0.29) is 23.1 Å². The lowest BCUT2D eigenvalue weighted by molar-refractivity contribution is -0.117. The minimum Gasteiger partial charge on any atom is -0.422 e. The number of primary amides is 1. The van der Waals surface area contributed by atoms with E-state index in [1.807, 2.05) is 0 Å². The van der Waals surface area contributed by atoms with Crippen LogP contribution in [0.2, 0.25) is 0 Å². The molecule has 1 fully saturated rings. The van der Waals surface area contributed by atoms with Crippen LogP contribution in [-0.2, 0) is 4.79 Å². The molecule has 124 valence electrons. The van der Waals surface area contributed by atoms with E-state index in [4.69, 9.17) is 10.5 Å². The molecule has 1 aromatic heterocycles. The van der Waals surface area contributed by atoms with Crippen LogP contribution < -0.4 is 15.8 Å². The molecule has 0 unspecified atom stereocenters. The molecule has 7 heteroatoms. The Balaban J connectivity index is 1.72. The maximum atomic E-state index is 12.3. The summed E-state index contributed by atoms with van der Waals surface area (Å²) in [7, 11) is 0. The lowest BCUT2D eigenvalue weighted by atomic mass is 10.2. The highest BCUT2D eigenvalue weighted by Crippen LogP contribution is 2.33. The maximum Gasteiger partial charge on any atom is 0.354 e. The van der Waals surface area contributed by atoms with E-state index < -0.39 is 11.9 Å². The number of ether oxygens (including phenoxy) is 1. The monoisotopic (exact) mass is 344 g/mol. The first-order valence-corrected chi connectivity index (χ1v) is 8.29. The first-order chi connectivity index (χ1) is 11.4. The Bertz CT molecular complexity index is 824. The summed E-state index contributed by atoms with van der Waals surface area (Å²) in [5.41, 5.74) is 6.20. The van der Waals surface area contributed by atoms with Gasteiger partial charge in [-0.1, -0.05) is 6.07 Å². The Morgan fingerprint density at radius 2 is 2.00 bits per heavy atom. The zero-order valence-electron chi connectivity index (χ0n) is 13.0. The summed E-state index contributed by atoms with van der Waals surface area (Å²) in [6.45, 7) is 1.78. The second kappa shape index (κ2) is 6.45. The topological polar surface area (TPSA) is 98.5 Å². The van der Waals surface area contributed by atoms with Crippen molar-refractivity contribution in [3.63, 3.8) is 0 Å². The number of nitrogens with one attached hydrogen (secondary N) is 1. The smallest absolute Gasteiger partial charge is 0.354 e. The summed E-state index contributed by atoms with van der Waals surface area (Å²) in [4.78, 5) is 35.7. The van der Waals surface area contributed by atoms with Gasteiger partial charge in [-0.2, -0.15) is 0 Å². The molecule has 1 aromatic carbocycles. The number of rotatable bonds is 5. The molecule has 2 aromatic rings. The van der Waals surface area contributed by atoms with Crippen LogP contribution in [0, 0.1) is 12.8 Å². The highest BCUT2D eigenvalue weighted by atomic mass is 32.1. The van der Waals surface area contributed by atoms with Crippen molar-refractivity contribution in [3.05, 3.63) is 46.3 Å². The fraction of sp³-hybridized carbons (Fsp3) is 0.235.